The van der Waals surface area contributed by atoms with E-state index in [2.05, 4.69) is 4.98 Å². The topological polar surface area (TPSA) is 33.2 Å². The summed E-state index contributed by atoms with van der Waals surface area (Å²) in [5, 5.41) is 4.79. The van der Waals surface area contributed by atoms with Crippen LogP contribution in [0.1, 0.15) is 27.3 Å². The number of thiazole rings is 1. The average Bonchev–Trinajstić information content (AvgIpc) is 2.96. The Labute approximate surface area is 109 Å². The highest BCUT2D eigenvalue weighted by molar-refractivity contribution is 7.10. The molecule has 0 N–H and O–H groups in total. The van der Waals surface area contributed by atoms with Gasteiger partial charge in [0, 0.05) is 16.8 Å². The first kappa shape index (κ1) is 12.3. The minimum Gasteiger partial charge on any atom is -0.332 e. The minimum atomic E-state index is 0.0188. The van der Waals surface area contributed by atoms with E-state index in [1.54, 1.807) is 11.3 Å². The molecule has 2 heterocycles. The van der Waals surface area contributed by atoms with Crippen molar-refractivity contribution in [1.29, 1.82) is 0 Å². The van der Waals surface area contributed by atoms with Crippen molar-refractivity contribution in [3.05, 3.63) is 38.5 Å². The van der Waals surface area contributed by atoms with Crippen molar-refractivity contribution in [2.24, 2.45) is 0 Å². The van der Waals surface area contributed by atoms with Crippen LogP contribution >= 0.6 is 22.7 Å². The van der Waals surface area contributed by atoms with E-state index in [9.17, 15) is 4.79 Å². The largest absolute Gasteiger partial charge is 0.332 e. The first-order valence-corrected chi connectivity index (χ1v) is 7.20. The van der Waals surface area contributed by atoms with Gasteiger partial charge in [-0.25, -0.2) is 4.98 Å². The van der Waals surface area contributed by atoms with Crippen molar-refractivity contribution in [3.63, 3.8) is 0 Å². The van der Waals surface area contributed by atoms with Crippen LogP contribution in [0.4, 0.5) is 0 Å². The number of hydrogen-bond donors (Lipinski definition) is 0. The Bertz CT molecular complexity index is 490. The SMILES string of the molecule is CCN(Cc1cccs1)C(=O)c1csc(C)n1. The van der Waals surface area contributed by atoms with E-state index in [1.807, 2.05) is 41.6 Å². The second-order valence-corrected chi connectivity index (χ2v) is 5.74. The molecule has 0 saturated heterocycles. The standard InChI is InChI=1S/C12H14N2OS2/c1-3-14(7-10-5-4-6-16-10)12(15)11-8-17-9(2)13-11/h4-6,8H,3,7H2,1-2H3. The van der Waals surface area contributed by atoms with E-state index in [0.29, 0.717) is 18.8 Å². The van der Waals surface area contributed by atoms with Crippen molar-refractivity contribution < 1.29 is 4.79 Å². The summed E-state index contributed by atoms with van der Waals surface area (Å²) in [5.41, 5.74) is 0.561. The molecular formula is C12H14N2OS2. The molecule has 0 fully saturated rings. The van der Waals surface area contributed by atoms with E-state index in [4.69, 9.17) is 0 Å². The lowest BCUT2D eigenvalue weighted by atomic mass is 10.3. The first-order chi connectivity index (χ1) is 8.20. The fourth-order valence-electron chi connectivity index (χ4n) is 1.54. The summed E-state index contributed by atoms with van der Waals surface area (Å²) < 4.78 is 0. The fraction of sp³-hybridized carbons (Fsp3) is 0.333. The molecular weight excluding hydrogens is 252 g/mol. The first-order valence-electron chi connectivity index (χ1n) is 5.44. The van der Waals surface area contributed by atoms with Crippen molar-refractivity contribution in [2.45, 2.75) is 20.4 Å². The highest BCUT2D eigenvalue weighted by Gasteiger charge is 2.17. The molecule has 0 atom stereocenters. The molecule has 2 aromatic rings. The summed E-state index contributed by atoms with van der Waals surface area (Å²) in [5.74, 6) is 0.0188. The van der Waals surface area contributed by atoms with E-state index >= 15 is 0 Å². The summed E-state index contributed by atoms with van der Waals surface area (Å²) in [7, 11) is 0. The Balaban J connectivity index is 2.10. The van der Waals surface area contributed by atoms with Crippen LogP contribution < -0.4 is 0 Å². The molecule has 0 aliphatic heterocycles. The zero-order valence-corrected chi connectivity index (χ0v) is 11.5. The molecule has 0 saturated carbocycles. The third kappa shape index (κ3) is 2.92. The van der Waals surface area contributed by atoms with Gasteiger partial charge >= 0.3 is 0 Å². The second kappa shape index (κ2) is 5.42. The van der Waals surface area contributed by atoms with Crippen LogP contribution in [0.15, 0.2) is 22.9 Å². The zero-order chi connectivity index (χ0) is 12.3. The van der Waals surface area contributed by atoms with Gasteiger partial charge in [0.15, 0.2) is 0 Å². The minimum absolute atomic E-state index is 0.0188. The molecule has 0 radical (unpaired) electrons. The second-order valence-electron chi connectivity index (χ2n) is 3.65. The van der Waals surface area contributed by atoms with Crippen LogP contribution in [0.2, 0.25) is 0 Å². The molecule has 90 valence electrons. The predicted molar refractivity (Wildman–Crippen MR) is 71.6 cm³/mol. The predicted octanol–water partition coefficient (Wildman–Crippen LogP) is 3.18. The summed E-state index contributed by atoms with van der Waals surface area (Å²) in [6.45, 7) is 5.28. The van der Waals surface area contributed by atoms with Gasteiger partial charge < -0.3 is 4.90 Å². The van der Waals surface area contributed by atoms with Gasteiger partial charge in [-0.3, -0.25) is 4.79 Å². The van der Waals surface area contributed by atoms with Crippen LogP contribution in [0, 0.1) is 6.92 Å². The highest BCUT2D eigenvalue weighted by atomic mass is 32.1. The molecule has 0 aliphatic carbocycles. The maximum absolute atomic E-state index is 12.2. The van der Waals surface area contributed by atoms with E-state index in [-0.39, 0.29) is 5.91 Å². The van der Waals surface area contributed by atoms with Crippen LogP contribution in [0.25, 0.3) is 0 Å². The van der Waals surface area contributed by atoms with Gasteiger partial charge in [0.2, 0.25) is 0 Å². The average molecular weight is 266 g/mol. The molecule has 0 aliphatic rings. The number of aromatic nitrogens is 1. The number of nitrogens with zero attached hydrogens (tertiary/aromatic N) is 2. The molecule has 2 aromatic heterocycles. The number of amides is 1. The van der Waals surface area contributed by atoms with Crippen LogP contribution in [-0.2, 0) is 6.54 Å². The summed E-state index contributed by atoms with van der Waals surface area (Å²) in [4.78, 5) is 19.5. The number of aryl methyl sites for hydroxylation is 1. The lowest BCUT2D eigenvalue weighted by Gasteiger charge is -2.18. The van der Waals surface area contributed by atoms with Gasteiger partial charge in [-0.1, -0.05) is 6.07 Å². The van der Waals surface area contributed by atoms with E-state index in [0.717, 1.165) is 5.01 Å². The van der Waals surface area contributed by atoms with Gasteiger partial charge in [0.05, 0.1) is 11.6 Å². The molecule has 0 unspecified atom stereocenters. The van der Waals surface area contributed by atoms with E-state index < -0.39 is 0 Å². The number of carbonyl (C=O) groups excluding carboxylic acids is 1. The number of rotatable bonds is 4. The Morgan fingerprint density at radius 2 is 2.29 bits per heavy atom. The monoisotopic (exact) mass is 266 g/mol. The van der Waals surface area contributed by atoms with Gasteiger partial charge in [-0.05, 0) is 25.3 Å². The van der Waals surface area contributed by atoms with Crippen LogP contribution in [0.5, 0.6) is 0 Å². The Hall–Kier alpha value is -1.20. The van der Waals surface area contributed by atoms with Crippen molar-refractivity contribution >= 4 is 28.6 Å². The normalized spacial score (nSPS) is 10.5. The Morgan fingerprint density at radius 1 is 1.47 bits per heavy atom. The van der Waals surface area contributed by atoms with Gasteiger partial charge in [0.1, 0.15) is 5.69 Å². The number of thiophene rings is 1. The highest BCUT2D eigenvalue weighted by Crippen LogP contribution is 2.15. The lowest BCUT2D eigenvalue weighted by Crippen LogP contribution is -2.30. The molecule has 0 spiro atoms. The summed E-state index contributed by atoms with van der Waals surface area (Å²) in [6.07, 6.45) is 0. The smallest absolute Gasteiger partial charge is 0.273 e. The van der Waals surface area contributed by atoms with Crippen LogP contribution in [0.3, 0.4) is 0 Å². The van der Waals surface area contributed by atoms with Crippen molar-refractivity contribution in [3.8, 4) is 0 Å². The fourth-order valence-corrected chi connectivity index (χ4v) is 2.85. The van der Waals surface area contributed by atoms with Gasteiger partial charge in [-0.2, -0.15) is 0 Å². The molecule has 5 heteroatoms. The Morgan fingerprint density at radius 3 is 2.82 bits per heavy atom. The third-order valence-corrected chi connectivity index (χ3v) is 4.07. The third-order valence-electron chi connectivity index (χ3n) is 2.43. The van der Waals surface area contributed by atoms with E-state index in [1.165, 1.54) is 16.2 Å². The number of carbonyl (C=O) groups is 1. The molecule has 2 rings (SSSR count). The molecule has 1 amide bonds. The van der Waals surface area contributed by atoms with Crippen LogP contribution in [-0.4, -0.2) is 22.3 Å². The maximum Gasteiger partial charge on any atom is 0.273 e. The van der Waals surface area contributed by atoms with Gasteiger partial charge in [-0.15, -0.1) is 22.7 Å². The molecule has 0 bridgehead atoms. The lowest BCUT2D eigenvalue weighted by molar-refractivity contribution is 0.0749. The molecule has 3 nitrogen and oxygen atoms in total. The maximum atomic E-state index is 12.2. The van der Waals surface area contributed by atoms with Gasteiger partial charge in [0.25, 0.3) is 5.91 Å². The molecule has 0 aromatic carbocycles. The number of hydrogen-bond acceptors (Lipinski definition) is 4. The zero-order valence-electron chi connectivity index (χ0n) is 9.84. The summed E-state index contributed by atoms with van der Waals surface area (Å²) in [6, 6.07) is 4.05. The van der Waals surface area contributed by atoms with Crippen molar-refractivity contribution in [2.75, 3.05) is 6.54 Å². The van der Waals surface area contributed by atoms with Crippen molar-refractivity contribution in [1.82, 2.24) is 9.88 Å². The summed E-state index contributed by atoms with van der Waals surface area (Å²) >= 11 is 3.19. The molecule has 17 heavy (non-hydrogen) atoms. The Kier molecular flexibility index (Phi) is 3.91. The quantitative estimate of drug-likeness (QED) is 0.851.